The van der Waals surface area contributed by atoms with Crippen LogP contribution >= 0.6 is 0 Å². The fourth-order valence-electron chi connectivity index (χ4n) is 8.45. The molecule has 0 aliphatic carbocycles. The largest absolute Gasteiger partial charge is 0.509 e. The van der Waals surface area contributed by atoms with Crippen molar-refractivity contribution in [1.29, 1.82) is 0 Å². The molecule has 1 aliphatic heterocycles. The summed E-state index contributed by atoms with van der Waals surface area (Å²) in [4.78, 5) is 9.45. The number of hydrogen-bond donors (Lipinski definition) is 0. The van der Waals surface area contributed by atoms with Gasteiger partial charge >= 0.3 is 0 Å². The zero-order valence-electron chi connectivity index (χ0n) is 39.3. The first-order valence-electron chi connectivity index (χ1n) is 22.2. The molecule has 0 bridgehead atoms. The molecule has 0 atom stereocenters. The van der Waals surface area contributed by atoms with E-state index in [1.54, 1.807) is 0 Å². The van der Waals surface area contributed by atoms with Crippen molar-refractivity contribution in [1.82, 2.24) is 9.55 Å². The summed E-state index contributed by atoms with van der Waals surface area (Å²) in [6.07, 6.45) is 1.92. The van der Waals surface area contributed by atoms with Gasteiger partial charge in [0.15, 0.2) is 0 Å². The average Bonchev–Trinajstić information content (AvgIpc) is 3.78. The number of aromatic nitrogens is 2. The minimum Gasteiger partial charge on any atom is -0.509 e. The smallest absolute Gasteiger partial charge is 0.135 e. The summed E-state index contributed by atoms with van der Waals surface area (Å²) in [7, 11) is 0. The molecule has 0 fully saturated rings. The van der Waals surface area contributed by atoms with Crippen molar-refractivity contribution in [2.45, 2.75) is 105 Å². The fraction of sp³-hybridized carbons (Fsp3) is 0.276. The Kier molecular flexibility index (Phi) is 11.5. The summed E-state index contributed by atoms with van der Waals surface area (Å²) in [5, 5.41) is 2.22. The van der Waals surface area contributed by atoms with Crippen LogP contribution in [0.3, 0.4) is 0 Å². The van der Waals surface area contributed by atoms with E-state index in [0.29, 0.717) is 11.5 Å². The van der Waals surface area contributed by atoms with E-state index in [1.807, 2.05) is 24.4 Å². The molecule has 0 saturated carbocycles. The van der Waals surface area contributed by atoms with Gasteiger partial charge in [-0.2, -0.15) is 12.1 Å². The Hall–Kier alpha value is -5.64. The maximum Gasteiger partial charge on any atom is 0.135 e. The number of anilines is 4. The topological polar surface area (TPSA) is 33.5 Å². The van der Waals surface area contributed by atoms with Crippen LogP contribution in [0, 0.1) is 18.8 Å². The third-order valence-electron chi connectivity index (χ3n) is 12.4. The zero-order valence-corrected chi connectivity index (χ0v) is 41.6. The molecule has 0 spiro atoms. The Labute approximate surface area is 395 Å². The molecule has 6 heteroatoms. The van der Waals surface area contributed by atoms with Crippen molar-refractivity contribution in [2.24, 2.45) is 0 Å². The van der Waals surface area contributed by atoms with Gasteiger partial charge < -0.3 is 19.1 Å². The summed E-state index contributed by atoms with van der Waals surface area (Å²) in [5.74, 6) is 2.06. The SMILES string of the molecule is CC(C)(C)c1ccc(-c2ccc3c(c2)c2ccc(Oc4[c-]c(N5[CH-]N(c6cc(C(C)(C)C)cc(C(C)(C)C)c6)c6ccccc65)ccc4)[c-]c2n3-c2cc(C(C)(C)C)ccn2)cc1.[Pt]. The van der Waals surface area contributed by atoms with E-state index in [0.717, 1.165) is 50.4 Å². The van der Waals surface area contributed by atoms with Crippen LogP contribution in [0.1, 0.15) is 105 Å². The monoisotopic (exact) mass is 1020 g/mol. The van der Waals surface area contributed by atoms with Gasteiger partial charge in [-0.3, -0.25) is 0 Å². The number of fused-ring (bicyclic) bond motifs is 4. The van der Waals surface area contributed by atoms with Crippen LogP contribution in [0.15, 0.2) is 134 Å². The van der Waals surface area contributed by atoms with Crippen LogP contribution in [0.2, 0.25) is 0 Å². The van der Waals surface area contributed by atoms with Crippen LogP contribution in [-0.4, -0.2) is 9.55 Å². The maximum atomic E-state index is 6.69. The molecule has 330 valence electrons. The third-order valence-corrected chi connectivity index (χ3v) is 12.4. The number of pyridine rings is 1. The summed E-state index contributed by atoms with van der Waals surface area (Å²) < 4.78 is 8.92. The van der Waals surface area contributed by atoms with E-state index in [1.165, 1.54) is 33.4 Å². The van der Waals surface area contributed by atoms with Gasteiger partial charge in [0.1, 0.15) is 5.82 Å². The summed E-state index contributed by atoms with van der Waals surface area (Å²) >= 11 is 0. The number of ether oxygens (including phenoxy) is 1. The molecule has 0 unspecified atom stereocenters. The van der Waals surface area contributed by atoms with Crippen molar-refractivity contribution in [3.8, 4) is 28.4 Å². The quantitative estimate of drug-likeness (QED) is 0.155. The first-order chi connectivity index (χ1) is 29.7. The van der Waals surface area contributed by atoms with Gasteiger partial charge in [-0.25, -0.2) is 4.98 Å². The number of para-hydroxylation sites is 2. The van der Waals surface area contributed by atoms with Gasteiger partial charge in [0.05, 0.1) is 0 Å². The number of hydrogen-bond acceptors (Lipinski definition) is 4. The van der Waals surface area contributed by atoms with E-state index in [9.17, 15) is 0 Å². The van der Waals surface area contributed by atoms with Crippen molar-refractivity contribution in [2.75, 3.05) is 9.80 Å². The number of nitrogens with zero attached hydrogens (tertiary/aromatic N) is 4. The second kappa shape index (κ2) is 16.4. The van der Waals surface area contributed by atoms with Crippen molar-refractivity contribution < 1.29 is 25.8 Å². The third kappa shape index (κ3) is 8.64. The van der Waals surface area contributed by atoms with Gasteiger partial charge in [-0.15, -0.1) is 48.1 Å². The molecule has 6 aromatic carbocycles. The molecule has 8 aromatic rings. The molecule has 3 heterocycles. The molecular weight excluding hydrogens is 964 g/mol. The molecular formula is C58H59N4OPt-3. The van der Waals surface area contributed by atoms with Crippen molar-refractivity contribution >= 4 is 44.6 Å². The molecule has 1 aliphatic rings. The van der Waals surface area contributed by atoms with Gasteiger partial charge in [0, 0.05) is 61.3 Å². The molecule has 9 rings (SSSR count). The van der Waals surface area contributed by atoms with Crippen molar-refractivity contribution in [3.63, 3.8) is 0 Å². The number of rotatable bonds is 6. The molecule has 0 N–H and O–H groups in total. The molecule has 5 nitrogen and oxygen atoms in total. The predicted octanol–water partition coefficient (Wildman–Crippen LogP) is 15.8. The summed E-state index contributed by atoms with van der Waals surface area (Å²) in [6, 6.07) is 53.2. The second-order valence-electron chi connectivity index (χ2n) is 21.2. The first kappa shape index (κ1) is 44.9. The van der Waals surface area contributed by atoms with Gasteiger partial charge in [0.25, 0.3) is 0 Å². The Morgan fingerprint density at radius 1 is 0.500 bits per heavy atom. The molecule has 0 saturated heterocycles. The van der Waals surface area contributed by atoms with Crippen LogP contribution < -0.4 is 14.5 Å². The van der Waals surface area contributed by atoms with E-state index in [4.69, 9.17) is 9.72 Å². The molecule has 64 heavy (non-hydrogen) atoms. The Morgan fingerprint density at radius 2 is 1.11 bits per heavy atom. The summed E-state index contributed by atoms with van der Waals surface area (Å²) in [6.45, 7) is 29.4. The Balaban J connectivity index is 0.00000560. The van der Waals surface area contributed by atoms with E-state index in [2.05, 4.69) is 225 Å². The Bertz CT molecular complexity index is 2970. The summed E-state index contributed by atoms with van der Waals surface area (Å²) in [5.41, 5.74) is 13.7. The maximum absolute atomic E-state index is 6.69. The average molecular weight is 1020 g/mol. The minimum atomic E-state index is -0.0438. The van der Waals surface area contributed by atoms with Gasteiger partial charge in [-0.1, -0.05) is 143 Å². The molecule has 0 radical (unpaired) electrons. The molecule has 2 aromatic heterocycles. The van der Waals surface area contributed by atoms with E-state index < -0.39 is 0 Å². The van der Waals surface area contributed by atoms with Crippen LogP contribution in [0.25, 0.3) is 38.8 Å². The normalized spacial score (nSPS) is 13.4. The number of benzene rings is 6. The Morgan fingerprint density at radius 3 is 1.75 bits per heavy atom. The minimum absolute atomic E-state index is 0. The predicted molar refractivity (Wildman–Crippen MR) is 264 cm³/mol. The van der Waals surface area contributed by atoms with Crippen LogP contribution in [0.4, 0.5) is 22.7 Å². The zero-order chi connectivity index (χ0) is 44.6. The molecule has 0 amide bonds. The van der Waals surface area contributed by atoms with Gasteiger partial charge in [0.2, 0.25) is 0 Å². The van der Waals surface area contributed by atoms with Gasteiger partial charge in [-0.05, 0) is 103 Å². The first-order valence-corrected chi connectivity index (χ1v) is 22.2. The van der Waals surface area contributed by atoms with E-state index in [-0.39, 0.29) is 42.7 Å². The fourth-order valence-corrected chi connectivity index (χ4v) is 8.45. The van der Waals surface area contributed by atoms with Crippen LogP contribution in [-0.2, 0) is 42.7 Å². The van der Waals surface area contributed by atoms with Crippen LogP contribution in [0.5, 0.6) is 11.5 Å². The second-order valence-corrected chi connectivity index (χ2v) is 21.2. The van der Waals surface area contributed by atoms with Crippen molar-refractivity contribution in [3.05, 3.63) is 175 Å². The van der Waals surface area contributed by atoms with E-state index >= 15 is 0 Å². The standard InChI is InChI=1S/C58H59N4O.Pt/c1-55(2,3)40-23-20-38(21-24-40)39-22-27-50-49(30-39)48-26-25-47(36-53(48)62(50)54-34-41(28-29-59-54)56(4,5)6)63-46-17-15-16-44(35-46)60-37-61(52-19-14-13-18-51(52)60)45-32-42(57(7,8)9)31-43(33-45)58(10,11)12;/h13-34,37H,1-12H3;/q-3;.